The van der Waals surface area contributed by atoms with Gasteiger partial charge in [-0.15, -0.1) is 0 Å². The van der Waals surface area contributed by atoms with Gasteiger partial charge in [-0.1, -0.05) is 42.5 Å². The largest absolute Gasteiger partial charge is 0.490 e. The Morgan fingerprint density at radius 2 is 1.85 bits per heavy atom. The Kier molecular flexibility index (Phi) is 3.99. The van der Waals surface area contributed by atoms with Crippen LogP contribution >= 0.6 is 24.4 Å². The second-order valence-corrected chi connectivity index (χ2v) is 3.49. The van der Waals surface area contributed by atoms with Crippen molar-refractivity contribution < 1.29 is 4.74 Å². The first-order chi connectivity index (χ1) is 6.24. The first-order valence-electron chi connectivity index (χ1n) is 3.89. The fourth-order valence-corrected chi connectivity index (χ4v) is 1.43. The van der Waals surface area contributed by atoms with E-state index in [0.717, 1.165) is 10.4 Å². The quantitative estimate of drug-likeness (QED) is 0.561. The average Bonchev–Trinajstić information content (AvgIpc) is 2.19. The van der Waals surface area contributed by atoms with Crippen LogP contribution in [0.25, 0.3) is 0 Å². The van der Waals surface area contributed by atoms with Crippen molar-refractivity contribution in [1.82, 2.24) is 0 Å². The van der Waals surface area contributed by atoms with Crippen molar-refractivity contribution >= 4 is 34.4 Å². The van der Waals surface area contributed by atoms with E-state index in [4.69, 9.17) is 29.2 Å². The summed E-state index contributed by atoms with van der Waals surface area (Å²) in [5.74, 6) is 0. The number of ether oxygens (including phenoxy) is 1. The van der Waals surface area contributed by atoms with Crippen LogP contribution in [0.2, 0.25) is 0 Å². The van der Waals surface area contributed by atoms with E-state index in [0.29, 0.717) is 11.5 Å². The molecule has 1 aromatic rings. The zero-order valence-corrected chi connectivity index (χ0v) is 8.95. The summed E-state index contributed by atoms with van der Waals surface area (Å²) in [6.07, 6.45) is 0.547. The van der Waals surface area contributed by atoms with Gasteiger partial charge >= 0.3 is 0 Å². The van der Waals surface area contributed by atoms with Crippen molar-refractivity contribution in [2.24, 2.45) is 0 Å². The highest BCUT2D eigenvalue weighted by molar-refractivity contribution is 7.82. The summed E-state index contributed by atoms with van der Waals surface area (Å²) in [5.41, 5.74) is 1.04. The van der Waals surface area contributed by atoms with Crippen LogP contribution in [0.15, 0.2) is 30.3 Å². The molecule has 0 aliphatic rings. The predicted octanol–water partition coefficient (Wildman–Crippen LogP) is 2.77. The van der Waals surface area contributed by atoms with Gasteiger partial charge in [-0.05, 0) is 17.8 Å². The Hall–Kier alpha value is -0.800. The van der Waals surface area contributed by atoms with E-state index >= 15 is 0 Å². The summed E-state index contributed by atoms with van der Waals surface area (Å²) in [4.78, 5) is 0.826. The van der Waals surface area contributed by atoms with Crippen molar-refractivity contribution in [1.29, 1.82) is 0 Å². The van der Waals surface area contributed by atoms with Gasteiger partial charge in [0.2, 0.25) is 0 Å². The van der Waals surface area contributed by atoms with Crippen molar-refractivity contribution in [3.63, 3.8) is 0 Å². The summed E-state index contributed by atoms with van der Waals surface area (Å²) in [5, 5.41) is 0.536. The SMILES string of the molecule is COC(=S)CC(=S)c1ccccc1. The molecule has 0 spiro atoms. The smallest absolute Gasteiger partial charge is 0.164 e. The lowest BCUT2D eigenvalue weighted by Crippen LogP contribution is -2.06. The Balaban J connectivity index is 2.65. The van der Waals surface area contributed by atoms with Crippen molar-refractivity contribution in [2.75, 3.05) is 7.11 Å². The van der Waals surface area contributed by atoms with Gasteiger partial charge in [0.1, 0.15) is 0 Å². The van der Waals surface area contributed by atoms with Crippen molar-refractivity contribution in [2.45, 2.75) is 6.42 Å². The molecule has 0 atom stereocenters. The third-order valence-electron chi connectivity index (χ3n) is 1.63. The molecule has 1 rings (SSSR count). The molecule has 0 saturated heterocycles. The monoisotopic (exact) mass is 210 g/mol. The third kappa shape index (κ3) is 3.20. The molecule has 0 aliphatic carbocycles. The van der Waals surface area contributed by atoms with Gasteiger partial charge in [-0.2, -0.15) is 0 Å². The van der Waals surface area contributed by atoms with Gasteiger partial charge < -0.3 is 4.74 Å². The number of thiocarbonyl (C=S) groups is 2. The normalized spacial score (nSPS) is 9.31. The maximum atomic E-state index is 5.20. The van der Waals surface area contributed by atoms with Gasteiger partial charge in [0.05, 0.1) is 13.5 Å². The van der Waals surface area contributed by atoms with E-state index in [1.54, 1.807) is 7.11 Å². The minimum atomic E-state index is 0.536. The number of hydrogen-bond donors (Lipinski definition) is 0. The lowest BCUT2D eigenvalue weighted by Gasteiger charge is -2.03. The molecular weight excluding hydrogens is 200 g/mol. The molecule has 0 aliphatic heterocycles. The molecule has 1 aromatic carbocycles. The van der Waals surface area contributed by atoms with Crippen LogP contribution in [-0.2, 0) is 4.74 Å². The highest BCUT2D eigenvalue weighted by Crippen LogP contribution is 2.05. The standard InChI is InChI=1S/C10H10OS2/c1-11-10(13)7-9(12)8-5-3-2-4-6-8/h2-6H,7H2,1H3. The first kappa shape index (κ1) is 10.3. The average molecular weight is 210 g/mol. The van der Waals surface area contributed by atoms with Gasteiger partial charge in [0.15, 0.2) is 5.05 Å². The van der Waals surface area contributed by atoms with Crippen LogP contribution in [0.5, 0.6) is 0 Å². The minimum absolute atomic E-state index is 0.536. The molecule has 0 N–H and O–H groups in total. The van der Waals surface area contributed by atoms with Gasteiger partial charge in [-0.25, -0.2) is 0 Å². The zero-order valence-electron chi connectivity index (χ0n) is 7.32. The van der Waals surface area contributed by atoms with Crippen molar-refractivity contribution in [3.05, 3.63) is 35.9 Å². The molecule has 3 heteroatoms. The second-order valence-electron chi connectivity index (χ2n) is 2.54. The topological polar surface area (TPSA) is 9.23 Å². The fraction of sp³-hybridized carbons (Fsp3) is 0.200. The summed E-state index contributed by atoms with van der Waals surface area (Å²) in [6, 6.07) is 9.82. The van der Waals surface area contributed by atoms with Crippen LogP contribution in [0.3, 0.4) is 0 Å². The number of hydrogen-bond acceptors (Lipinski definition) is 3. The van der Waals surface area contributed by atoms with E-state index in [9.17, 15) is 0 Å². The van der Waals surface area contributed by atoms with Gasteiger partial charge in [0, 0.05) is 4.86 Å². The van der Waals surface area contributed by atoms with Crippen molar-refractivity contribution in [3.8, 4) is 0 Å². The Bertz CT molecular complexity index is 306. The third-order valence-corrected chi connectivity index (χ3v) is 2.32. The summed E-state index contributed by atoms with van der Waals surface area (Å²) in [7, 11) is 1.57. The molecule has 0 amide bonds. The molecular formula is C10H10OS2. The Labute approximate surface area is 88.7 Å². The molecule has 0 fully saturated rings. The lowest BCUT2D eigenvalue weighted by atomic mass is 10.1. The maximum Gasteiger partial charge on any atom is 0.164 e. The Morgan fingerprint density at radius 1 is 1.23 bits per heavy atom. The fourth-order valence-electron chi connectivity index (χ4n) is 0.929. The van der Waals surface area contributed by atoms with Crippen LogP contribution in [0, 0.1) is 0 Å². The molecule has 1 nitrogen and oxygen atoms in total. The summed E-state index contributed by atoms with van der Waals surface area (Å²) >= 11 is 10.1. The van der Waals surface area contributed by atoms with Gasteiger partial charge in [-0.3, -0.25) is 0 Å². The summed E-state index contributed by atoms with van der Waals surface area (Å²) < 4.78 is 4.89. The first-order valence-corrected chi connectivity index (χ1v) is 4.70. The highest BCUT2D eigenvalue weighted by atomic mass is 32.1. The molecule has 0 radical (unpaired) electrons. The van der Waals surface area contributed by atoms with Crippen LogP contribution in [-0.4, -0.2) is 17.0 Å². The molecule has 0 saturated carbocycles. The number of methoxy groups -OCH3 is 1. The molecule has 0 unspecified atom stereocenters. The number of benzene rings is 1. The van der Waals surface area contributed by atoms with Gasteiger partial charge in [0.25, 0.3) is 0 Å². The van der Waals surface area contributed by atoms with E-state index in [-0.39, 0.29) is 0 Å². The zero-order chi connectivity index (χ0) is 9.68. The predicted molar refractivity (Wildman–Crippen MR) is 62.4 cm³/mol. The number of rotatable bonds is 3. The molecule has 68 valence electrons. The van der Waals surface area contributed by atoms with Crippen LogP contribution in [0.4, 0.5) is 0 Å². The van der Waals surface area contributed by atoms with Crippen LogP contribution in [0.1, 0.15) is 12.0 Å². The minimum Gasteiger partial charge on any atom is -0.490 e. The van der Waals surface area contributed by atoms with E-state index in [1.807, 2.05) is 30.3 Å². The highest BCUT2D eigenvalue weighted by Gasteiger charge is 2.03. The Morgan fingerprint density at radius 3 is 2.38 bits per heavy atom. The molecule has 13 heavy (non-hydrogen) atoms. The molecule has 0 heterocycles. The lowest BCUT2D eigenvalue weighted by molar-refractivity contribution is 0.408. The maximum absolute atomic E-state index is 5.20. The van der Waals surface area contributed by atoms with Crippen LogP contribution < -0.4 is 0 Å². The van der Waals surface area contributed by atoms with E-state index < -0.39 is 0 Å². The van der Waals surface area contributed by atoms with E-state index in [2.05, 4.69) is 0 Å². The summed E-state index contributed by atoms with van der Waals surface area (Å²) in [6.45, 7) is 0. The molecule has 0 bridgehead atoms. The molecule has 0 aromatic heterocycles. The van der Waals surface area contributed by atoms with E-state index in [1.165, 1.54) is 0 Å². The second kappa shape index (κ2) is 5.04.